The standard InChI is InChI=1S/C15H12BrN5O5S/c1-2-7-27(24,25)15-17-8-10(16)12(18-15)14-20-19-13(26-14)9-5-3-4-6-11(9)21(22)23/h3-6,8H,2,7H2,1H3. The monoisotopic (exact) mass is 453 g/mol. The molecular formula is C15H12BrN5O5S. The zero-order valence-electron chi connectivity index (χ0n) is 13.9. The molecule has 0 N–H and O–H groups in total. The van der Waals surface area contributed by atoms with Crippen molar-refractivity contribution in [3.05, 3.63) is 45.0 Å². The lowest BCUT2D eigenvalue weighted by atomic mass is 10.2. The van der Waals surface area contributed by atoms with Gasteiger partial charge in [-0.05, 0) is 28.4 Å². The van der Waals surface area contributed by atoms with Crippen molar-refractivity contribution in [2.24, 2.45) is 0 Å². The maximum absolute atomic E-state index is 12.2. The van der Waals surface area contributed by atoms with E-state index < -0.39 is 14.8 Å². The van der Waals surface area contributed by atoms with E-state index in [1.54, 1.807) is 13.0 Å². The van der Waals surface area contributed by atoms with Gasteiger partial charge in [-0.2, -0.15) is 0 Å². The predicted molar refractivity (Wildman–Crippen MR) is 97.5 cm³/mol. The van der Waals surface area contributed by atoms with Crippen LogP contribution in [0, 0.1) is 10.1 Å². The Balaban J connectivity index is 2.07. The normalized spacial score (nSPS) is 11.5. The molecule has 0 radical (unpaired) electrons. The smallest absolute Gasteiger partial charge is 0.282 e. The van der Waals surface area contributed by atoms with Gasteiger partial charge in [0, 0.05) is 12.3 Å². The molecule has 140 valence electrons. The number of rotatable bonds is 6. The van der Waals surface area contributed by atoms with Gasteiger partial charge in [-0.3, -0.25) is 10.1 Å². The van der Waals surface area contributed by atoms with Crippen LogP contribution >= 0.6 is 15.9 Å². The molecule has 3 aromatic rings. The molecule has 1 aromatic carbocycles. The van der Waals surface area contributed by atoms with E-state index in [9.17, 15) is 18.5 Å². The highest BCUT2D eigenvalue weighted by Gasteiger charge is 2.24. The Labute approximate surface area is 161 Å². The summed E-state index contributed by atoms with van der Waals surface area (Å²) in [5.41, 5.74) is 0.0305. The molecule has 0 amide bonds. The lowest BCUT2D eigenvalue weighted by Gasteiger charge is -2.03. The summed E-state index contributed by atoms with van der Waals surface area (Å²) in [4.78, 5) is 18.5. The van der Waals surface area contributed by atoms with Gasteiger partial charge < -0.3 is 4.42 Å². The van der Waals surface area contributed by atoms with Gasteiger partial charge in [0.15, 0.2) is 0 Å². The molecule has 3 rings (SSSR count). The molecule has 0 atom stereocenters. The lowest BCUT2D eigenvalue weighted by molar-refractivity contribution is -0.384. The number of nitro benzene ring substituents is 1. The fourth-order valence-corrected chi connectivity index (χ4v) is 3.78. The minimum atomic E-state index is -3.64. The number of hydrogen-bond donors (Lipinski definition) is 0. The van der Waals surface area contributed by atoms with Crippen molar-refractivity contribution in [1.29, 1.82) is 0 Å². The van der Waals surface area contributed by atoms with Gasteiger partial charge in [-0.15, -0.1) is 10.2 Å². The molecule has 2 heterocycles. The van der Waals surface area contributed by atoms with Crippen LogP contribution in [0.2, 0.25) is 0 Å². The summed E-state index contributed by atoms with van der Waals surface area (Å²) in [5.74, 6) is -0.273. The topological polar surface area (TPSA) is 142 Å². The van der Waals surface area contributed by atoms with Crippen molar-refractivity contribution in [3.63, 3.8) is 0 Å². The molecule has 0 saturated heterocycles. The zero-order valence-corrected chi connectivity index (χ0v) is 16.3. The second kappa shape index (κ2) is 7.48. The second-order valence-corrected chi connectivity index (χ2v) is 8.21. The molecule has 0 aliphatic rings. The Bertz CT molecular complexity index is 1120. The summed E-state index contributed by atoms with van der Waals surface area (Å²) < 4.78 is 30.2. The first-order valence-corrected chi connectivity index (χ1v) is 10.1. The number of hydrogen-bond acceptors (Lipinski definition) is 9. The molecule has 2 aromatic heterocycles. The maximum Gasteiger partial charge on any atom is 0.282 e. The number of para-hydroxylation sites is 1. The molecule has 27 heavy (non-hydrogen) atoms. The number of halogens is 1. The fraction of sp³-hybridized carbons (Fsp3) is 0.200. The third kappa shape index (κ3) is 3.85. The molecule has 0 saturated carbocycles. The summed E-state index contributed by atoms with van der Waals surface area (Å²) in [6, 6.07) is 5.91. The summed E-state index contributed by atoms with van der Waals surface area (Å²) in [6.07, 6.45) is 1.69. The first-order chi connectivity index (χ1) is 12.8. The van der Waals surface area contributed by atoms with Gasteiger partial charge in [-0.25, -0.2) is 18.4 Å². The minimum absolute atomic E-state index is 0.0806. The van der Waals surface area contributed by atoms with Crippen LogP contribution in [0.25, 0.3) is 23.0 Å². The summed E-state index contributed by atoms with van der Waals surface area (Å²) in [7, 11) is -3.64. The Morgan fingerprint density at radius 1 is 1.22 bits per heavy atom. The zero-order chi connectivity index (χ0) is 19.6. The highest BCUT2D eigenvalue weighted by molar-refractivity contribution is 9.10. The van der Waals surface area contributed by atoms with Crippen molar-refractivity contribution in [1.82, 2.24) is 20.2 Å². The van der Waals surface area contributed by atoms with E-state index in [-0.39, 0.29) is 39.6 Å². The van der Waals surface area contributed by atoms with E-state index in [0.717, 1.165) is 0 Å². The van der Waals surface area contributed by atoms with Crippen molar-refractivity contribution in [2.75, 3.05) is 5.75 Å². The van der Waals surface area contributed by atoms with Crippen LogP contribution < -0.4 is 0 Å². The van der Waals surface area contributed by atoms with E-state index in [0.29, 0.717) is 10.9 Å². The maximum atomic E-state index is 12.2. The van der Waals surface area contributed by atoms with E-state index >= 15 is 0 Å². The summed E-state index contributed by atoms with van der Waals surface area (Å²) in [6.45, 7) is 1.73. The van der Waals surface area contributed by atoms with Gasteiger partial charge in [0.2, 0.25) is 15.0 Å². The lowest BCUT2D eigenvalue weighted by Crippen LogP contribution is -2.11. The molecule has 0 unspecified atom stereocenters. The largest absolute Gasteiger partial charge is 0.414 e. The van der Waals surface area contributed by atoms with Gasteiger partial charge in [0.05, 0.1) is 15.1 Å². The fourth-order valence-electron chi connectivity index (χ4n) is 2.25. The van der Waals surface area contributed by atoms with Crippen LogP contribution in [0.5, 0.6) is 0 Å². The van der Waals surface area contributed by atoms with Crippen molar-refractivity contribution in [3.8, 4) is 23.0 Å². The first-order valence-electron chi connectivity index (χ1n) is 7.66. The molecular weight excluding hydrogens is 442 g/mol. The van der Waals surface area contributed by atoms with Gasteiger partial charge in [0.1, 0.15) is 11.3 Å². The van der Waals surface area contributed by atoms with E-state index in [1.807, 2.05) is 0 Å². The highest BCUT2D eigenvalue weighted by atomic mass is 79.9. The first kappa shape index (κ1) is 19.0. The van der Waals surface area contributed by atoms with Crippen LogP contribution in [0.4, 0.5) is 5.69 Å². The van der Waals surface area contributed by atoms with Crippen LogP contribution in [-0.2, 0) is 9.84 Å². The Morgan fingerprint density at radius 2 is 1.93 bits per heavy atom. The van der Waals surface area contributed by atoms with Gasteiger partial charge in [-0.1, -0.05) is 19.1 Å². The predicted octanol–water partition coefficient (Wildman–Crippen LogP) is 3.05. The van der Waals surface area contributed by atoms with Crippen molar-refractivity contribution in [2.45, 2.75) is 18.5 Å². The third-order valence-electron chi connectivity index (χ3n) is 3.43. The highest BCUT2D eigenvalue weighted by Crippen LogP contribution is 2.32. The molecule has 12 heteroatoms. The molecule has 0 bridgehead atoms. The molecule has 0 fully saturated rings. The molecule has 0 aliphatic carbocycles. The molecule has 0 aliphatic heterocycles. The van der Waals surface area contributed by atoms with E-state index in [1.165, 1.54) is 24.4 Å². The number of benzene rings is 1. The Morgan fingerprint density at radius 3 is 2.63 bits per heavy atom. The number of sulfone groups is 1. The SMILES string of the molecule is CCCS(=O)(=O)c1ncc(Br)c(-c2nnc(-c3ccccc3[N+](=O)[O-])o2)n1. The molecule has 10 nitrogen and oxygen atoms in total. The van der Waals surface area contributed by atoms with Crippen LogP contribution in [0.1, 0.15) is 13.3 Å². The van der Waals surface area contributed by atoms with Crippen LogP contribution in [0.15, 0.2) is 44.5 Å². The van der Waals surface area contributed by atoms with E-state index in [2.05, 4.69) is 36.1 Å². The van der Waals surface area contributed by atoms with Crippen molar-refractivity contribution >= 4 is 31.5 Å². The summed E-state index contributed by atoms with van der Waals surface area (Å²) in [5, 5.41) is 18.5. The number of aromatic nitrogens is 4. The average molecular weight is 454 g/mol. The second-order valence-electron chi connectivity index (χ2n) is 5.35. The minimum Gasteiger partial charge on any atom is -0.414 e. The third-order valence-corrected chi connectivity index (χ3v) is 5.71. The molecule has 0 spiro atoms. The Kier molecular flexibility index (Phi) is 5.28. The van der Waals surface area contributed by atoms with Crippen LogP contribution in [-0.4, -0.2) is 39.3 Å². The average Bonchev–Trinajstić information content (AvgIpc) is 3.11. The van der Waals surface area contributed by atoms with Gasteiger partial charge >= 0.3 is 0 Å². The van der Waals surface area contributed by atoms with E-state index in [4.69, 9.17) is 4.42 Å². The number of nitrogens with zero attached hydrogens (tertiary/aromatic N) is 5. The number of nitro groups is 1. The van der Waals surface area contributed by atoms with Crippen LogP contribution in [0.3, 0.4) is 0 Å². The quantitative estimate of drug-likeness (QED) is 0.312. The van der Waals surface area contributed by atoms with Crippen molar-refractivity contribution < 1.29 is 17.8 Å². The van der Waals surface area contributed by atoms with Gasteiger partial charge in [0.25, 0.3) is 17.5 Å². The summed E-state index contributed by atoms with van der Waals surface area (Å²) >= 11 is 3.22. The Hall–Kier alpha value is -2.73.